The van der Waals surface area contributed by atoms with Crippen molar-refractivity contribution in [1.82, 2.24) is 10.2 Å². The van der Waals surface area contributed by atoms with Crippen LogP contribution >= 0.6 is 0 Å². The second kappa shape index (κ2) is 9.94. The van der Waals surface area contributed by atoms with Crippen LogP contribution in [-0.2, 0) is 4.79 Å². The van der Waals surface area contributed by atoms with Crippen molar-refractivity contribution in [3.05, 3.63) is 71.8 Å². The van der Waals surface area contributed by atoms with Gasteiger partial charge in [-0.05, 0) is 54.8 Å². The minimum absolute atomic E-state index is 0.00429. The fourth-order valence-electron chi connectivity index (χ4n) is 4.51. The quantitative estimate of drug-likeness (QED) is 0.602. The molecule has 1 saturated heterocycles. The molecule has 1 heterocycles. The average molecular weight is 447 g/mol. The SMILES string of the molecule is COc1ccc(OC)c([C@@H](C)NC(=O)C2CCN(C(=O)c3cccc4ccccc34)CC2)c1. The normalized spacial score (nSPS) is 15.2. The maximum Gasteiger partial charge on any atom is 0.254 e. The fourth-order valence-corrected chi connectivity index (χ4v) is 4.51. The van der Waals surface area contributed by atoms with E-state index in [4.69, 9.17) is 9.47 Å². The van der Waals surface area contributed by atoms with Crippen LogP contribution in [-0.4, -0.2) is 44.0 Å². The van der Waals surface area contributed by atoms with Crippen LogP contribution in [0.5, 0.6) is 11.5 Å². The first kappa shape index (κ1) is 22.6. The number of nitrogens with zero attached hydrogens (tertiary/aromatic N) is 1. The van der Waals surface area contributed by atoms with E-state index in [9.17, 15) is 9.59 Å². The van der Waals surface area contributed by atoms with Crippen molar-refractivity contribution in [1.29, 1.82) is 0 Å². The first-order chi connectivity index (χ1) is 16.0. The summed E-state index contributed by atoms with van der Waals surface area (Å²) in [6, 6.07) is 19.1. The van der Waals surface area contributed by atoms with Crippen molar-refractivity contribution in [3.63, 3.8) is 0 Å². The molecule has 0 saturated carbocycles. The van der Waals surface area contributed by atoms with E-state index in [-0.39, 0.29) is 23.8 Å². The number of nitrogens with one attached hydrogen (secondary N) is 1. The van der Waals surface area contributed by atoms with Crippen LogP contribution in [0.3, 0.4) is 0 Å². The lowest BCUT2D eigenvalue weighted by Crippen LogP contribution is -2.43. The Bertz CT molecular complexity index is 1150. The highest BCUT2D eigenvalue weighted by Crippen LogP contribution is 2.30. The van der Waals surface area contributed by atoms with Gasteiger partial charge >= 0.3 is 0 Å². The van der Waals surface area contributed by atoms with E-state index in [1.54, 1.807) is 14.2 Å². The van der Waals surface area contributed by atoms with E-state index in [2.05, 4.69) is 5.32 Å². The molecule has 1 aliphatic heterocycles. The molecule has 172 valence electrons. The molecule has 1 atom stereocenters. The Hall–Kier alpha value is -3.54. The van der Waals surface area contributed by atoms with E-state index in [0.29, 0.717) is 37.4 Å². The molecule has 1 fully saturated rings. The van der Waals surface area contributed by atoms with Crippen LogP contribution in [0.25, 0.3) is 10.8 Å². The molecule has 0 unspecified atom stereocenters. The molecular weight excluding hydrogens is 416 g/mol. The van der Waals surface area contributed by atoms with E-state index in [1.165, 1.54) is 0 Å². The lowest BCUT2D eigenvalue weighted by Gasteiger charge is -2.32. The van der Waals surface area contributed by atoms with Gasteiger partial charge in [0.15, 0.2) is 0 Å². The average Bonchev–Trinajstić information content (AvgIpc) is 2.87. The van der Waals surface area contributed by atoms with Gasteiger partial charge in [-0.2, -0.15) is 0 Å². The third-order valence-corrected chi connectivity index (χ3v) is 6.44. The summed E-state index contributed by atoms with van der Waals surface area (Å²) in [5.41, 5.74) is 1.59. The van der Waals surface area contributed by atoms with Crippen molar-refractivity contribution >= 4 is 22.6 Å². The molecule has 1 aliphatic rings. The molecule has 2 amide bonds. The Morgan fingerprint density at radius 1 is 0.970 bits per heavy atom. The minimum Gasteiger partial charge on any atom is -0.497 e. The number of benzene rings is 3. The van der Waals surface area contributed by atoms with E-state index in [1.807, 2.05) is 72.5 Å². The number of piperidine rings is 1. The van der Waals surface area contributed by atoms with E-state index >= 15 is 0 Å². The minimum atomic E-state index is -0.224. The second-order valence-electron chi connectivity index (χ2n) is 8.43. The van der Waals surface area contributed by atoms with Crippen molar-refractivity contribution in [3.8, 4) is 11.5 Å². The van der Waals surface area contributed by atoms with Gasteiger partial charge in [-0.15, -0.1) is 0 Å². The molecule has 0 bridgehead atoms. The molecule has 3 aromatic carbocycles. The summed E-state index contributed by atoms with van der Waals surface area (Å²) in [6.45, 7) is 3.07. The number of methoxy groups -OCH3 is 2. The zero-order valence-electron chi connectivity index (χ0n) is 19.3. The van der Waals surface area contributed by atoms with Crippen LogP contribution < -0.4 is 14.8 Å². The van der Waals surface area contributed by atoms with Crippen molar-refractivity contribution in [2.24, 2.45) is 5.92 Å². The highest BCUT2D eigenvalue weighted by atomic mass is 16.5. The molecule has 0 radical (unpaired) electrons. The molecule has 0 aromatic heterocycles. The van der Waals surface area contributed by atoms with Crippen molar-refractivity contribution < 1.29 is 19.1 Å². The van der Waals surface area contributed by atoms with Gasteiger partial charge < -0.3 is 19.7 Å². The van der Waals surface area contributed by atoms with Gasteiger partial charge in [0.1, 0.15) is 11.5 Å². The topological polar surface area (TPSA) is 67.9 Å². The largest absolute Gasteiger partial charge is 0.497 e. The van der Waals surface area contributed by atoms with Crippen LogP contribution in [0.1, 0.15) is 41.7 Å². The number of hydrogen-bond donors (Lipinski definition) is 1. The zero-order valence-corrected chi connectivity index (χ0v) is 19.3. The number of rotatable bonds is 6. The molecular formula is C27H30N2O4. The van der Waals surface area contributed by atoms with Crippen LogP contribution in [0.4, 0.5) is 0 Å². The van der Waals surface area contributed by atoms with Gasteiger partial charge in [0.05, 0.1) is 20.3 Å². The monoisotopic (exact) mass is 446 g/mol. The van der Waals surface area contributed by atoms with Crippen molar-refractivity contribution in [2.75, 3.05) is 27.3 Å². The summed E-state index contributed by atoms with van der Waals surface area (Å²) in [4.78, 5) is 28.0. The lowest BCUT2D eigenvalue weighted by molar-refractivity contribution is -0.127. The number of ether oxygens (including phenoxy) is 2. The van der Waals surface area contributed by atoms with E-state index < -0.39 is 0 Å². The first-order valence-corrected chi connectivity index (χ1v) is 11.3. The number of carbonyl (C=O) groups is 2. The molecule has 1 N–H and O–H groups in total. The molecule has 33 heavy (non-hydrogen) atoms. The number of amides is 2. The van der Waals surface area contributed by atoms with Crippen LogP contribution in [0.2, 0.25) is 0 Å². The summed E-state index contributed by atoms with van der Waals surface area (Å²) in [5, 5.41) is 5.13. The third kappa shape index (κ3) is 4.80. The first-order valence-electron chi connectivity index (χ1n) is 11.3. The number of fused-ring (bicyclic) bond motifs is 1. The highest BCUT2D eigenvalue weighted by Gasteiger charge is 2.29. The predicted octanol–water partition coefficient (Wildman–Crippen LogP) is 4.59. The molecule has 6 heteroatoms. The van der Waals surface area contributed by atoms with Gasteiger partial charge in [0.25, 0.3) is 5.91 Å². The maximum absolute atomic E-state index is 13.2. The Labute approximate surface area is 194 Å². The molecule has 6 nitrogen and oxygen atoms in total. The second-order valence-corrected chi connectivity index (χ2v) is 8.43. The zero-order chi connectivity index (χ0) is 23.4. The summed E-state index contributed by atoms with van der Waals surface area (Å²) >= 11 is 0. The predicted molar refractivity (Wildman–Crippen MR) is 129 cm³/mol. The van der Waals surface area contributed by atoms with Gasteiger partial charge in [-0.3, -0.25) is 9.59 Å². The van der Waals surface area contributed by atoms with Crippen LogP contribution in [0.15, 0.2) is 60.7 Å². The van der Waals surface area contributed by atoms with Gasteiger partial charge in [-0.25, -0.2) is 0 Å². The molecule has 0 spiro atoms. The maximum atomic E-state index is 13.2. The summed E-state index contributed by atoms with van der Waals surface area (Å²) in [5.74, 6) is 1.33. The van der Waals surface area contributed by atoms with Crippen molar-refractivity contribution in [2.45, 2.75) is 25.8 Å². The fraction of sp³-hybridized carbons (Fsp3) is 0.333. The van der Waals surface area contributed by atoms with E-state index in [0.717, 1.165) is 21.9 Å². The smallest absolute Gasteiger partial charge is 0.254 e. The Morgan fingerprint density at radius 3 is 2.42 bits per heavy atom. The highest BCUT2D eigenvalue weighted by molar-refractivity contribution is 6.07. The standard InChI is InChI=1S/C27H30N2O4/c1-18(24-17-21(32-2)11-12-25(24)33-3)28-26(30)20-13-15-29(16-14-20)27(31)23-10-6-8-19-7-4-5-9-22(19)23/h4-12,17-18,20H,13-16H2,1-3H3,(H,28,30)/t18-/m1/s1. The molecule has 0 aliphatic carbocycles. The third-order valence-electron chi connectivity index (χ3n) is 6.44. The van der Waals surface area contributed by atoms with Crippen LogP contribution in [0, 0.1) is 5.92 Å². The summed E-state index contributed by atoms with van der Waals surface area (Å²) in [6.07, 6.45) is 1.29. The Morgan fingerprint density at radius 2 is 1.70 bits per heavy atom. The summed E-state index contributed by atoms with van der Waals surface area (Å²) in [7, 11) is 3.23. The Kier molecular flexibility index (Phi) is 6.82. The Balaban J connectivity index is 1.39. The lowest BCUT2D eigenvalue weighted by atomic mass is 9.94. The van der Waals surface area contributed by atoms with Gasteiger partial charge in [0, 0.05) is 30.1 Å². The summed E-state index contributed by atoms with van der Waals surface area (Å²) < 4.78 is 10.8. The number of carbonyl (C=O) groups excluding carboxylic acids is 2. The van der Waals surface area contributed by atoms with Gasteiger partial charge in [0.2, 0.25) is 5.91 Å². The van der Waals surface area contributed by atoms with Gasteiger partial charge in [-0.1, -0.05) is 36.4 Å². The number of likely N-dealkylation sites (tertiary alicyclic amines) is 1. The number of hydrogen-bond acceptors (Lipinski definition) is 4. The molecule has 3 aromatic rings. The molecule has 4 rings (SSSR count).